The van der Waals surface area contributed by atoms with Gasteiger partial charge in [-0.1, -0.05) is 0 Å². The van der Waals surface area contributed by atoms with Crippen molar-refractivity contribution in [3.63, 3.8) is 0 Å². The Kier molecular flexibility index (Phi) is 3.47. The number of hydrogen-bond acceptors (Lipinski definition) is 3. The number of alkyl halides is 3. The van der Waals surface area contributed by atoms with Gasteiger partial charge < -0.3 is 5.32 Å². The molecule has 2 rings (SSSR count). The van der Waals surface area contributed by atoms with Gasteiger partial charge in [0.1, 0.15) is 12.0 Å². The molecule has 5 nitrogen and oxygen atoms in total. The molecule has 18 heavy (non-hydrogen) atoms. The van der Waals surface area contributed by atoms with Gasteiger partial charge in [0.05, 0.1) is 13.2 Å². The topological polar surface area (TPSA) is 58.6 Å². The van der Waals surface area contributed by atoms with Crippen molar-refractivity contribution in [1.29, 1.82) is 0 Å². The minimum absolute atomic E-state index is 0.102. The highest BCUT2D eigenvalue weighted by molar-refractivity contribution is 6.00. The minimum Gasteiger partial charge on any atom is -0.344 e. The third kappa shape index (κ3) is 2.58. The molecule has 2 fully saturated rings. The maximum atomic E-state index is 12.4. The predicted octanol–water partition coefficient (Wildman–Crippen LogP) is 0.607. The lowest BCUT2D eigenvalue weighted by Gasteiger charge is -2.31. The van der Waals surface area contributed by atoms with Crippen molar-refractivity contribution in [3.05, 3.63) is 0 Å². The third-order valence-corrected chi connectivity index (χ3v) is 3.07. The fraction of sp³-hybridized carbons (Fsp3) is 0.800. The van der Waals surface area contributed by atoms with Crippen molar-refractivity contribution in [2.24, 2.45) is 5.92 Å². The van der Waals surface area contributed by atoms with Gasteiger partial charge in [-0.25, -0.2) is 5.06 Å². The summed E-state index contributed by atoms with van der Waals surface area (Å²) in [6.07, 6.45) is -4.17. The fourth-order valence-corrected chi connectivity index (χ4v) is 2.09. The lowest BCUT2D eigenvalue weighted by atomic mass is 9.92. The van der Waals surface area contributed by atoms with Crippen LogP contribution >= 0.6 is 0 Å². The standard InChI is InChI=1S/C10H13F3N2O3/c11-10(12,13)7-3-2-6(8(16)14-7)9(17)15-4-1-5-18-15/h6-7H,1-5H2,(H,14,16)/t6-,7+/m1/s1. The van der Waals surface area contributed by atoms with Gasteiger partial charge in [-0.2, -0.15) is 13.2 Å². The van der Waals surface area contributed by atoms with E-state index in [9.17, 15) is 22.8 Å². The van der Waals surface area contributed by atoms with Crippen molar-refractivity contribution in [2.75, 3.05) is 13.2 Å². The Bertz CT molecular complexity index is 353. The Morgan fingerprint density at radius 1 is 1.39 bits per heavy atom. The first-order chi connectivity index (χ1) is 8.39. The summed E-state index contributed by atoms with van der Waals surface area (Å²) in [7, 11) is 0. The van der Waals surface area contributed by atoms with E-state index in [-0.39, 0.29) is 12.8 Å². The van der Waals surface area contributed by atoms with Crippen LogP contribution in [0.1, 0.15) is 19.3 Å². The summed E-state index contributed by atoms with van der Waals surface area (Å²) < 4.78 is 37.2. The normalized spacial score (nSPS) is 29.3. The fourth-order valence-electron chi connectivity index (χ4n) is 2.09. The van der Waals surface area contributed by atoms with Gasteiger partial charge in [-0.15, -0.1) is 0 Å². The number of halogens is 3. The Labute approximate surface area is 101 Å². The summed E-state index contributed by atoms with van der Waals surface area (Å²) in [4.78, 5) is 28.4. The molecule has 2 atom stereocenters. The quantitative estimate of drug-likeness (QED) is 0.707. The molecule has 2 amide bonds. The summed E-state index contributed by atoms with van der Waals surface area (Å²) >= 11 is 0. The van der Waals surface area contributed by atoms with E-state index >= 15 is 0 Å². The summed E-state index contributed by atoms with van der Waals surface area (Å²) in [5.41, 5.74) is 0. The highest BCUT2D eigenvalue weighted by Crippen LogP contribution is 2.29. The number of amides is 2. The zero-order valence-electron chi connectivity index (χ0n) is 9.50. The summed E-state index contributed by atoms with van der Waals surface area (Å²) in [5, 5.41) is 2.91. The zero-order chi connectivity index (χ0) is 13.3. The molecule has 8 heteroatoms. The van der Waals surface area contributed by atoms with E-state index in [1.54, 1.807) is 0 Å². The lowest BCUT2D eigenvalue weighted by Crippen LogP contribution is -2.54. The summed E-state index contributed by atoms with van der Waals surface area (Å²) in [6, 6.07) is -1.85. The molecule has 0 spiro atoms. The molecule has 2 aliphatic rings. The van der Waals surface area contributed by atoms with Crippen molar-refractivity contribution >= 4 is 11.8 Å². The molecule has 2 saturated heterocycles. The molecular weight excluding hydrogens is 253 g/mol. The second kappa shape index (κ2) is 4.75. The second-order valence-electron chi connectivity index (χ2n) is 4.36. The van der Waals surface area contributed by atoms with Gasteiger partial charge >= 0.3 is 6.18 Å². The van der Waals surface area contributed by atoms with E-state index in [2.05, 4.69) is 0 Å². The first kappa shape index (κ1) is 13.1. The number of nitrogens with one attached hydrogen (secondary N) is 1. The number of carbonyl (C=O) groups is 2. The van der Waals surface area contributed by atoms with Crippen molar-refractivity contribution < 1.29 is 27.6 Å². The van der Waals surface area contributed by atoms with E-state index < -0.39 is 30.0 Å². The molecule has 0 aromatic carbocycles. The largest absolute Gasteiger partial charge is 0.408 e. The predicted molar refractivity (Wildman–Crippen MR) is 53.0 cm³/mol. The number of carbonyl (C=O) groups excluding carboxylic acids is 2. The Morgan fingerprint density at radius 2 is 2.11 bits per heavy atom. The van der Waals surface area contributed by atoms with Crippen LogP contribution in [0.4, 0.5) is 13.2 Å². The number of hydroxylamine groups is 2. The van der Waals surface area contributed by atoms with Crippen LogP contribution in [0.5, 0.6) is 0 Å². The molecule has 0 saturated carbocycles. The molecule has 0 radical (unpaired) electrons. The van der Waals surface area contributed by atoms with Crippen LogP contribution in [-0.4, -0.2) is 42.2 Å². The highest BCUT2D eigenvalue weighted by Gasteiger charge is 2.46. The average Bonchev–Trinajstić information content (AvgIpc) is 2.80. The van der Waals surface area contributed by atoms with Crippen LogP contribution in [0, 0.1) is 5.92 Å². The van der Waals surface area contributed by atoms with Crippen LogP contribution in [0.25, 0.3) is 0 Å². The second-order valence-corrected chi connectivity index (χ2v) is 4.36. The molecule has 0 bridgehead atoms. The van der Waals surface area contributed by atoms with Gasteiger partial charge in [-0.3, -0.25) is 14.4 Å². The van der Waals surface area contributed by atoms with Crippen molar-refractivity contribution in [3.8, 4) is 0 Å². The van der Waals surface area contributed by atoms with E-state index in [0.717, 1.165) is 5.06 Å². The Hall–Kier alpha value is -1.31. The zero-order valence-corrected chi connectivity index (χ0v) is 9.50. The van der Waals surface area contributed by atoms with Crippen LogP contribution in [-0.2, 0) is 14.4 Å². The van der Waals surface area contributed by atoms with Crippen molar-refractivity contribution in [2.45, 2.75) is 31.5 Å². The maximum absolute atomic E-state index is 12.4. The third-order valence-electron chi connectivity index (χ3n) is 3.07. The molecule has 0 unspecified atom stereocenters. The van der Waals surface area contributed by atoms with Crippen molar-refractivity contribution in [1.82, 2.24) is 10.4 Å². The SMILES string of the molecule is O=C1N[C@H](C(F)(F)F)CC[C@H]1C(=O)N1CCCO1. The maximum Gasteiger partial charge on any atom is 0.408 e. The molecule has 1 N–H and O–H groups in total. The highest BCUT2D eigenvalue weighted by atomic mass is 19.4. The first-order valence-electron chi connectivity index (χ1n) is 5.71. The minimum atomic E-state index is -4.46. The first-order valence-corrected chi connectivity index (χ1v) is 5.71. The van der Waals surface area contributed by atoms with Crippen LogP contribution in [0.15, 0.2) is 0 Å². The van der Waals surface area contributed by atoms with Crippen LogP contribution < -0.4 is 5.32 Å². The number of rotatable bonds is 1. The smallest absolute Gasteiger partial charge is 0.344 e. The Balaban J connectivity index is 1.97. The van der Waals surface area contributed by atoms with Gasteiger partial charge in [-0.05, 0) is 19.3 Å². The lowest BCUT2D eigenvalue weighted by molar-refractivity contribution is -0.184. The molecule has 0 aromatic rings. The summed E-state index contributed by atoms with van der Waals surface area (Å²) in [5.74, 6) is -2.49. The molecule has 0 aromatic heterocycles. The Morgan fingerprint density at radius 3 is 2.61 bits per heavy atom. The van der Waals surface area contributed by atoms with Gasteiger partial charge in [0.15, 0.2) is 0 Å². The molecule has 102 valence electrons. The number of hydrogen-bond donors (Lipinski definition) is 1. The number of piperidine rings is 1. The van der Waals surface area contributed by atoms with Crippen LogP contribution in [0.3, 0.4) is 0 Å². The van der Waals surface area contributed by atoms with E-state index in [1.807, 2.05) is 5.32 Å². The monoisotopic (exact) mass is 266 g/mol. The average molecular weight is 266 g/mol. The number of nitrogens with zero attached hydrogens (tertiary/aromatic N) is 1. The summed E-state index contributed by atoms with van der Waals surface area (Å²) in [6.45, 7) is 0.774. The van der Waals surface area contributed by atoms with Crippen LogP contribution in [0.2, 0.25) is 0 Å². The van der Waals surface area contributed by atoms with Gasteiger partial charge in [0.25, 0.3) is 5.91 Å². The van der Waals surface area contributed by atoms with E-state index in [4.69, 9.17) is 4.84 Å². The molecule has 2 aliphatic heterocycles. The molecule has 0 aliphatic carbocycles. The molecule has 2 heterocycles. The van der Waals surface area contributed by atoms with Gasteiger partial charge in [0.2, 0.25) is 5.91 Å². The van der Waals surface area contributed by atoms with E-state index in [0.29, 0.717) is 19.6 Å². The van der Waals surface area contributed by atoms with Gasteiger partial charge in [0, 0.05) is 0 Å². The van der Waals surface area contributed by atoms with E-state index in [1.165, 1.54) is 0 Å². The molecular formula is C10H13F3N2O3.